The summed E-state index contributed by atoms with van der Waals surface area (Å²) in [7, 11) is 0. The van der Waals surface area contributed by atoms with Crippen LogP contribution in [0.4, 0.5) is 5.82 Å². The van der Waals surface area contributed by atoms with Crippen molar-refractivity contribution in [3.05, 3.63) is 68.9 Å². The van der Waals surface area contributed by atoms with E-state index in [0.717, 1.165) is 4.47 Å². The van der Waals surface area contributed by atoms with Gasteiger partial charge in [-0.15, -0.1) is 0 Å². The van der Waals surface area contributed by atoms with Crippen molar-refractivity contribution in [2.24, 2.45) is 0 Å². The molecule has 23 heavy (non-hydrogen) atoms. The highest BCUT2D eigenvalue weighted by atomic mass is 79.9. The number of carbonyl (C=O) groups is 1. The third-order valence-electron chi connectivity index (χ3n) is 3.02. The summed E-state index contributed by atoms with van der Waals surface area (Å²) in [6.07, 6.45) is 1.59. The largest absolute Gasteiger partial charge is 0.451 e. The summed E-state index contributed by atoms with van der Waals surface area (Å²) in [6, 6.07) is 11.9. The van der Waals surface area contributed by atoms with Crippen molar-refractivity contribution in [3.8, 4) is 11.3 Å². The fourth-order valence-corrected chi connectivity index (χ4v) is 2.55. The third kappa shape index (κ3) is 3.58. The van der Waals surface area contributed by atoms with E-state index in [1.54, 1.807) is 48.7 Å². The Hall–Kier alpha value is -1.82. The minimum Gasteiger partial charge on any atom is -0.451 e. The van der Waals surface area contributed by atoms with Gasteiger partial charge in [-0.25, -0.2) is 4.98 Å². The Morgan fingerprint density at radius 2 is 1.96 bits per heavy atom. The molecule has 4 nitrogen and oxygen atoms in total. The summed E-state index contributed by atoms with van der Waals surface area (Å²) in [6.45, 7) is 0. The van der Waals surface area contributed by atoms with Crippen LogP contribution in [0.3, 0.4) is 0 Å². The fourth-order valence-electron chi connectivity index (χ4n) is 1.93. The predicted octanol–water partition coefficient (Wildman–Crippen LogP) is 5.66. The number of amides is 1. The van der Waals surface area contributed by atoms with Crippen LogP contribution < -0.4 is 5.32 Å². The third-order valence-corrected chi connectivity index (χ3v) is 4.30. The van der Waals surface area contributed by atoms with Crippen LogP contribution in [-0.2, 0) is 0 Å². The molecule has 0 radical (unpaired) electrons. The van der Waals surface area contributed by atoms with Gasteiger partial charge in [-0.1, -0.05) is 29.3 Å². The molecule has 0 atom stereocenters. The lowest BCUT2D eigenvalue weighted by Crippen LogP contribution is -2.11. The summed E-state index contributed by atoms with van der Waals surface area (Å²) in [5, 5.41) is 3.45. The smallest absolute Gasteiger partial charge is 0.292 e. The molecule has 1 N–H and O–H groups in total. The standard InChI is InChI=1S/C16H9BrCl2N2O2/c17-9-4-7-14(20-8-9)21-16(22)13-6-5-12(23-13)10-2-1-3-11(18)15(10)19/h1-8H,(H,20,21,22). The first-order chi connectivity index (χ1) is 11.0. The van der Waals surface area contributed by atoms with Crippen LogP contribution in [0, 0.1) is 0 Å². The first-order valence-electron chi connectivity index (χ1n) is 6.52. The van der Waals surface area contributed by atoms with Gasteiger partial charge in [-0.05, 0) is 52.3 Å². The lowest BCUT2D eigenvalue weighted by atomic mass is 10.2. The molecule has 0 fully saturated rings. The van der Waals surface area contributed by atoms with Gasteiger partial charge in [0.05, 0.1) is 10.0 Å². The highest BCUT2D eigenvalue weighted by Gasteiger charge is 2.15. The van der Waals surface area contributed by atoms with Gasteiger partial charge in [0.2, 0.25) is 0 Å². The molecule has 0 aliphatic carbocycles. The SMILES string of the molecule is O=C(Nc1ccc(Br)cn1)c1ccc(-c2cccc(Cl)c2Cl)o1. The molecule has 3 aromatic rings. The van der Waals surface area contributed by atoms with E-state index in [0.29, 0.717) is 27.2 Å². The second-order valence-electron chi connectivity index (χ2n) is 4.58. The zero-order valence-corrected chi connectivity index (χ0v) is 14.6. The molecule has 116 valence electrons. The number of anilines is 1. The number of carbonyl (C=O) groups excluding carboxylic acids is 1. The van der Waals surface area contributed by atoms with Gasteiger partial charge in [0.1, 0.15) is 11.6 Å². The van der Waals surface area contributed by atoms with Crippen molar-refractivity contribution in [2.75, 3.05) is 5.32 Å². The van der Waals surface area contributed by atoms with Gasteiger partial charge in [0, 0.05) is 16.2 Å². The fraction of sp³-hybridized carbons (Fsp3) is 0. The van der Waals surface area contributed by atoms with Gasteiger partial charge in [-0.3, -0.25) is 4.79 Å². The average molecular weight is 412 g/mol. The Labute approximate surface area is 150 Å². The number of hydrogen-bond acceptors (Lipinski definition) is 3. The zero-order chi connectivity index (χ0) is 16.4. The Morgan fingerprint density at radius 3 is 2.70 bits per heavy atom. The number of benzene rings is 1. The summed E-state index contributed by atoms with van der Waals surface area (Å²) in [4.78, 5) is 16.3. The van der Waals surface area contributed by atoms with E-state index in [1.165, 1.54) is 0 Å². The Balaban J connectivity index is 1.82. The number of nitrogens with one attached hydrogen (secondary N) is 1. The first kappa shape index (κ1) is 16.1. The minimum atomic E-state index is -0.399. The molecule has 2 heterocycles. The van der Waals surface area contributed by atoms with E-state index in [1.807, 2.05) is 0 Å². The highest BCUT2D eigenvalue weighted by Crippen LogP contribution is 2.34. The molecule has 0 aliphatic heterocycles. The second kappa shape index (κ2) is 6.74. The van der Waals surface area contributed by atoms with Crippen LogP contribution in [0.2, 0.25) is 10.0 Å². The van der Waals surface area contributed by atoms with Crippen LogP contribution in [0.1, 0.15) is 10.6 Å². The Bertz CT molecular complexity index is 863. The van der Waals surface area contributed by atoms with E-state index < -0.39 is 5.91 Å². The summed E-state index contributed by atoms with van der Waals surface area (Å²) in [5.74, 6) is 0.647. The van der Waals surface area contributed by atoms with Crippen molar-refractivity contribution < 1.29 is 9.21 Å². The van der Waals surface area contributed by atoms with Crippen LogP contribution in [-0.4, -0.2) is 10.9 Å². The van der Waals surface area contributed by atoms with Crippen molar-refractivity contribution in [1.82, 2.24) is 4.98 Å². The number of nitrogens with zero attached hydrogens (tertiary/aromatic N) is 1. The monoisotopic (exact) mass is 410 g/mol. The number of hydrogen-bond donors (Lipinski definition) is 1. The van der Waals surface area contributed by atoms with Gasteiger partial charge < -0.3 is 9.73 Å². The van der Waals surface area contributed by atoms with E-state index >= 15 is 0 Å². The van der Waals surface area contributed by atoms with Crippen LogP contribution in [0.5, 0.6) is 0 Å². The number of halogens is 3. The number of pyridine rings is 1. The molecule has 0 spiro atoms. The van der Waals surface area contributed by atoms with Gasteiger partial charge in [-0.2, -0.15) is 0 Å². The van der Waals surface area contributed by atoms with Crippen molar-refractivity contribution in [2.45, 2.75) is 0 Å². The molecule has 3 rings (SSSR count). The molecule has 7 heteroatoms. The highest BCUT2D eigenvalue weighted by molar-refractivity contribution is 9.10. The molecular weight excluding hydrogens is 403 g/mol. The normalized spacial score (nSPS) is 10.6. The topological polar surface area (TPSA) is 55.1 Å². The summed E-state index contributed by atoms with van der Waals surface area (Å²) >= 11 is 15.4. The van der Waals surface area contributed by atoms with Gasteiger partial charge >= 0.3 is 0 Å². The van der Waals surface area contributed by atoms with E-state index in [4.69, 9.17) is 27.6 Å². The molecule has 0 aliphatic rings. The molecular formula is C16H9BrCl2N2O2. The lowest BCUT2D eigenvalue weighted by Gasteiger charge is -2.03. The van der Waals surface area contributed by atoms with Crippen LogP contribution in [0.15, 0.2) is 57.6 Å². The van der Waals surface area contributed by atoms with E-state index in [2.05, 4.69) is 26.2 Å². The Kier molecular flexibility index (Phi) is 4.71. The number of rotatable bonds is 3. The molecule has 2 aromatic heterocycles. The maximum absolute atomic E-state index is 12.2. The Morgan fingerprint density at radius 1 is 1.13 bits per heavy atom. The van der Waals surface area contributed by atoms with Crippen molar-refractivity contribution >= 4 is 50.9 Å². The molecule has 0 bridgehead atoms. The van der Waals surface area contributed by atoms with Crippen LogP contribution in [0.25, 0.3) is 11.3 Å². The minimum absolute atomic E-state index is 0.153. The molecule has 1 amide bonds. The van der Waals surface area contributed by atoms with Crippen LogP contribution >= 0.6 is 39.1 Å². The maximum atomic E-state index is 12.2. The molecule has 0 unspecified atom stereocenters. The zero-order valence-electron chi connectivity index (χ0n) is 11.5. The van der Waals surface area contributed by atoms with Crippen molar-refractivity contribution in [1.29, 1.82) is 0 Å². The van der Waals surface area contributed by atoms with Crippen molar-refractivity contribution in [3.63, 3.8) is 0 Å². The number of aromatic nitrogens is 1. The quantitative estimate of drug-likeness (QED) is 0.604. The lowest BCUT2D eigenvalue weighted by molar-refractivity contribution is 0.0997. The van der Waals surface area contributed by atoms with E-state index in [-0.39, 0.29) is 5.76 Å². The average Bonchev–Trinajstić information content (AvgIpc) is 3.02. The predicted molar refractivity (Wildman–Crippen MR) is 94.1 cm³/mol. The number of furan rings is 1. The maximum Gasteiger partial charge on any atom is 0.292 e. The molecule has 0 saturated carbocycles. The molecule has 1 aromatic carbocycles. The first-order valence-corrected chi connectivity index (χ1v) is 8.06. The van der Waals surface area contributed by atoms with E-state index in [9.17, 15) is 4.79 Å². The summed E-state index contributed by atoms with van der Waals surface area (Å²) < 4.78 is 6.40. The van der Waals surface area contributed by atoms with Gasteiger partial charge in [0.25, 0.3) is 5.91 Å². The molecule has 0 saturated heterocycles. The van der Waals surface area contributed by atoms with Gasteiger partial charge in [0.15, 0.2) is 5.76 Å². The summed E-state index contributed by atoms with van der Waals surface area (Å²) in [5.41, 5.74) is 0.625. The second-order valence-corrected chi connectivity index (χ2v) is 6.28.